The first kappa shape index (κ1) is 18.8. The van der Waals surface area contributed by atoms with Gasteiger partial charge in [0.05, 0.1) is 10.6 Å². The summed E-state index contributed by atoms with van der Waals surface area (Å²) in [5, 5.41) is 19.7. The van der Waals surface area contributed by atoms with Gasteiger partial charge in [-0.3, -0.25) is 25.1 Å². The number of carbonyl (C=O) groups excluding carboxylic acids is 1. The minimum Gasteiger partial charge on any atom is -0.377 e. The van der Waals surface area contributed by atoms with Crippen LogP contribution in [0.1, 0.15) is 48.2 Å². The molecule has 0 spiro atoms. The van der Waals surface area contributed by atoms with E-state index in [0.29, 0.717) is 16.9 Å². The molecule has 2 aliphatic rings. The van der Waals surface area contributed by atoms with E-state index in [0.717, 1.165) is 38.2 Å². The lowest BCUT2D eigenvalue weighted by molar-refractivity contribution is -0.384. The van der Waals surface area contributed by atoms with Gasteiger partial charge in [0, 0.05) is 29.6 Å². The highest BCUT2D eigenvalue weighted by atomic mass is 32.1. The number of anilines is 2. The first-order valence-corrected chi connectivity index (χ1v) is 10.5. The molecule has 0 radical (unpaired) electrons. The quantitative estimate of drug-likeness (QED) is 0.540. The number of nitrogens with zero attached hydrogens (tertiary/aromatic N) is 3. The van der Waals surface area contributed by atoms with Crippen molar-refractivity contribution in [3.05, 3.63) is 45.0 Å². The smallest absolute Gasteiger partial charge is 0.293 e. The van der Waals surface area contributed by atoms with E-state index >= 15 is 0 Å². The lowest BCUT2D eigenvalue weighted by atomic mass is 10.1. The number of nitro benzene ring substituents is 1. The highest BCUT2D eigenvalue weighted by molar-refractivity contribution is 7.14. The molecule has 0 atom stereocenters. The molecule has 0 bridgehead atoms. The minimum atomic E-state index is -0.457. The predicted octanol–water partition coefficient (Wildman–Crippen LogP) is 3.86. The average molecular weight is 401 g/mol. The van der Waals surface area contributed by atoms with Crippen LogP contribution in [0.4, 0.5) is 16.5 Å². The zero-order valence-electron chi connectivity index (χ0n) is 15.5. The van der Waals surface area contributed by atoms with E-state index in [-0.39, 0.29) is 17.2 Å². The summed E-state index contributed by atoms with van der Waals surface area (Å²) in [5.74, 6) is -0.389. The lowest BCUT2D eigenvalue weighted by Gasteiger charge is -2.25. The normalized spacial score (nSPS) is 17.3. The summed E-state index contributed by atoms with van der Waals surface area (Å²) in [6.45, 7) is 2.97. The van der Waals surface area contributed by atoms with E-state index in [1.165, 1.54) is 36.7 Å². The second-order valence-corrected chi connectivity index (χ2v) is 8.20. The maximum atomic E-state index is 12.5. The number of hydrogen-bond acceptors (Lipinski definition) is 7. The third kappa shape index (κ3) is 4.66. The monoisotopic (exact) mass is 401 g/mol. The number of likely N-dealkylation sites (tertiary alicyclic amines) is 1. The Morgan fingerprint density at radius 3 is 2.79 bits per heavy atom. The van der Waals surface area contributed by atoms with Crippen LogP contribution in [-0.2, 0) is 6.54 Å². The molecule has 1 saturated heterocycles. The topological polar surface area (TPSA) is 100 Å². The maximum Gasteiger partial charge on any atom is 0.293 e. The summed E-state index contributed by atoms with van der Waals surface area (Å²) in [5.41, 5.74) is 1.57. The van der Waals surface area contributed by atoms with Crippen LogP contribution in [0.5, 0.6) is 0 Å². The Morgan fingerprint density at radius 2 is 2.07 bits per heavy atom. The summed E-state index contributed by atoms with van der Waals surface area (Å²) in [6, 6.07) is 4.83. The number of nitrogens with one attached hydrogen (secondary N) is 2. The molecule has 1 aliphatic heterocycles. The SMILES string of the molecule is O=C(Nc1nc(CN2CCCCC2)cs1)c1ccc(NC2CC2)c([N+](=O)[O-])c1. The first-order chi connectivity index (χ1) is 13.6. The molecule has 2 N–H and O–H groups in total. The van der Waals surface area contributed by atoms with Crippen LogP contribution in [-0.4, -0.2) is 39.8 Å². The Kier molecular flexibility index (Phi) is 5.54. The third-order valence-corrected chi connectivity index (χ3v) is 5.81. The van der Waals surface area contributed by atoms with E-state index in [2.05, 4.69) is 20.5 Å². The average Bonchev–Trinajstić information content (AvgIpc) is 3.40. The Morgan fingerprint density at radius 1 is 1.29 bits per heavy atom. The Balaban J connectivity index is 1.41. The summed E-state index contributed by atoms with van der Waals surface area (Å²) in [4.78, 5) is 30.3. The van der Waals surface area contributed by atoms with Crippen molar-refractivity contribution in [2.24, 2.45) is 0 Å². The Bertz CT molecular complexity index is 874. The van der Waals surface area contributed by atoms with Crippen molar-refractivity contribution in [2.75, 3.05) is 23.7 Å². The van der Waals surface area contributed by atoms with Crippen molar-refractivity contribution in [1.29, 1.82) is 0 Å². The highest BCUT2D eigenvalue weighted by Crippen LogP contribution is 2.31. The number of carbonyl (C=O) groups is 1. The molecule has 1 aromatic carbocycles. The molecule has 1 aromatic heterocycles. The molecule has 2 heterocycles. The van der Waals surface area contributed by atoms with E-state index in [9.17, 15) is 14.9 Å². The number of piperidine rings is 1. The molecule has 1 aliphatic carbocycles. The van der Waals surface area contributed by atoms with Crippen LogP contribution in [0.3, 0.4) is 0 Å². The van der Waals surface area contributed by atoms with Crippen molar-refractivity contribution in [3.63, 3.8) is 0 Å². The Hall–Kier alpha value is -2.52. The van der Waals surface area contributed by atoms with Gasteiger partial charge in [0.1, 0.15) is 5.69 Å². The number of rotatable bonds is 7. The molecule has 28 heavy (non-hydrogen) atoms. The molecule has 1 amide bonds. The fraction of sp³-hybridized carbons (Fsp3) is 0.474. The Labute approximate surface area is 167 Å². The van der Waals surface area contributed by atoms with Gasteiger partial charge in [0.25, 0.3) is 11.6 Å². The van der Waals surface area contributed by atoms with E-state index in [4.69, 9.17) is 0 Å². The summed E-state index contributed by atoms with van der Waals surface area (Å²) in [7, 11) is 0. The highest BCUT2D eigenvalue weighted by Gasteiger charge is 2.25. The molecule has 148 valence electrons. The maximum absolute atomic E-state index is 12.5. The van der Waals surface area contributed by atoms with Crippen LogP contribution in [0.2, 0.25) is 0 Å². The molecular weight excluding hydrogens is 378 g/mol. The number of thiazole rings is 1. The van der Waals surface area contributed by atoms with Crippen molar-refractivity contribution in [3.8, 4) is 0 Å². The van der Waals surface area contributed by atoms with Crippen molar-refractivity contribution < 1.29 is 9.72 Å². The lowest BCUT2D eigenvalue weighted by Crippen LogP contribution is -2.29. The van der Waals surface area contributed by atoms with Gasteiger partial charge in [0.15, 0.2) is 5.13 Å². The number of benzene rings is 1. The number of amides is 1. The summed E-state index contributed by atoms with van der Waals surface area (Å²) >= 11 is 1.38. The van der Waals surface area contributed by atoms with Gasteiger partial charge in [0.2, 0.25) is 0 Å². The fourth-order valence-electron chi connectivity index (χ4n) is 3.35. The number of aromatic nitrogens is 1. The van der Waals surface area contributed by atoms with Gasteiger partial charge < -0.3 is 5.32 Å². The molecule has 2 aromatic rings. The van der Waals surface area contributed by atoms with Gasteiger partial charge in [-0.2, -0.15) is 0 Å². The van der Waals surface area contributed by atoms with Crippen LogP contribution in [0.15, 0.2) is 23.6 Å². The summed E-state index contributed by atoms with van der Waals surface area (Å²) in [6.07, 6.45) is 5.76. The zero-order valence-corrected chi connectivity index (χ0v) is 16.3. The summed E-state index contributed by atoms with van der Waals surface area (Å²) < 4.78 is 0. The second kappa shape index (κ2) is 8.24. The van der Waals surface area contributed by atoms with E-state index in [1.807, 2.05) is 5.38 Å². The molecule has 2 fully saturated rings. The van der Waals surface area contributed by atoms with Crippen LogP contribution < -0.4 is 10.6 Å². The molecular formula is C19H23N5O3S. The van der Waals surface area contributed by atoms with Gasteiger partial charge in [-0.05, 0) is 50.9 Å². The van der Waals surface area contributed by atoms with Crippen LogP contribution in [0.25, 0.3) is 0 Å². The van der Waals surface area contributed by atoms with Gasteiger partial charge in [-0.1, -0.05) is 6.42 Å². The van der Waals surface area contributed by atoms with Crippen molar-refractivity contribution >= 4 is 33.8 Å². The van der Waals surface area contributed by atoms with Crippen LogP contribution >= 0.6 is 11.3 Å². The molecule has 1 saturated carbocycles. The standard InChI is InChI=1S/C19H23N5O3S/c25-18(13-4-7-16(20-14-5-6-14)17(10-13)24(26)27)22-19-21-15(12-28-19)11-23-8-2-1-3-9-23/h4,7,10,12,14,20H,1-3,5-6,8-9,11H2,(H,21,22,25). The van der Waals surface area contributed by atoms with Crippen molar-refractivity contribution in [1.82, 2.24) is 9.88 Å². The van der Waals surface area contributed by atoms with Crippen molar-refractivity contribution in [2.45, 2.75) is 44.7 Å². The first-order valence-electron chi connectivity index (χ1n) is 9.61. The third-order valence-electron chi connectivity index (χ3n) is 5.00. The molecule has 0 unspecified atom stereocenters. The molecule has 4 rings (SSSR count). The minimum absolute atomic E-state index is 0.0792. The predicted molar refractivity (Wildman–Crippen MR) is 109 cm³/mol. The van der Waals surface area contributed by atoms with Gasteiger partial charge >= 0.3 is 0 Å². The van der Waals surface area contributed by atoms with Gasteiger partial charge in [-0.25, -0.2) is 4.98 Å². The van der Waals surface area contributed by atoms with E-state index in [1.54, 1.807) is 12.1 Å². The second-order valence-electron chi connectivity index (χ2n) is 7.34. The zero-order chi connectivity index (χ0) is 19.5. The number of hydrogen-bond donors (Lipinski definition) is 2. The largest absolute Gasteiger partial charge is 0.377 e. The molecule has 8 nitrogen and oxygen atoms in total. The van der Waals surface area contributed by atoms with E-state index < -0.39 is 4.92 Å². The van der Waals surface area contributed by atoms with Gasteiger partial charge in [-0.15, -0.1) is 11.3 Å². The van der Waals surface area contributed by atoms with Crippen LogP contribution in [0, 0.1) is 10.1 Å². The number of nitro groups is 1. The fourth-order valence-corrected chi connectivity index (χ4v) is 4.04. The molecule has 9 heteroatoms.